The van der Waals surface area contributed by atoms with Crippen molar-refractivity contribution >= 4 is 23.1 Å². The summed E-state index contributed by atoms with van der Waals surface area (Å²) in [5.41, 5.74) is 4.49. The first-order valence-electron chi connectivity index (χ1n) is 8.86. The third kappa shape index (κ3) is 3.94. The summed E-state index contributed by atoms with van der Waals surface area (Å²) in [6, 6.07) is 16.0. The van der Waals surface area contributed by atoms with Gasteiger partial charge in [0.25, 0.3) is 0 Å². The van der Waals surface area contributed by atoms with Crippen molar-refractivity contribution in [2.75, 3.05) is 17.7 Å². The molecule has 0 spiro atoms. The lowest BCUT2D eigenvalue weighted by atomic mass is 10.0. The number of para-hydroxylation sites is 3. The van der Waals surface area contributed by atoms with Crippen molar-refractivity contribution in [3.8, 4) is 5.75 Å². The van der Waals surface area contributed by atoms with Crippen LogP contribution in [-0.2, 0) is 12.8 Å². The van der Waals surface area contributed by atoms with Gasteiger partial charge in [-0.3, -0.25) is 0 Å². The monoisotopic (exact) mass is 348 g/mol. The molecule has 0 atom stereocenters. The van der Waals surface area contributed by atoms with Crippen LogP contribution in [0.5, 0.6) is 5.75 Å². The second kappa shape index (κ2) is 8.34. The third-order valence-corrected chi connectivity index (χ3v) is 4.26. The van der Waals surface area contributed by atoms with Crippen LogP contribution in [0.15, 0.2) is 54.7 Å². The molecule has 0 aliphatic carbocycles. The van der Waals surface area contributed by atoms with Crippen molar-refractivity contribution < 1.29 is 4.74 Å². The Morgan fingerprint density at radius 3 is 2.31 bits per heavy atom. The summed E-state index contributed by atoms with van der Waals surface area (Å²) in [7, 11) is 1.65. The molecule has 0 radical (unpaired) electrons. The number of aryl methyl sites for hydroxylation is 2. The molecule has 3 aromatic rings. The molecule has 5 heteroatoms. The first-order valence-corrected chi connectivity index (χ1v) is 8.86. The van der Waals surface area contributed by atoms with Crippen molar-refractivity contribution in [3.63, 3.8) is 0 Å². The summed E-state index contributed by atoms with van der Waals surface area (Å²) < 4.78 is 5.38. The van der Waals surface area contributed by atoms with Gasteiger partial charge in [-0.1, -0.05) is 44.2 Å². The quantitative estimate of drug-likeness (QED) is 0.622. The van der Waals surface area contributed by atoms with Crippen LogP contribution in [0.3, 0.4) is 0 Å². The molecular formula is C21H24N4O. The van der Waals surface area contributed by atoms with Gasteiger partial charge in [0.15, 0.2) is 0 Å². The van der Waals surface area contributed by atoms with Crippen molar-refractivity contribution in [2.45, 2.75) is 26.7 Å². The standard InChI is InChI=1S/C21H24N4O/c1-4-15-9-8-10-16(5-2)20(15)25-21-22-14-13-19(24-21)23-17-11-6-7-12-18(17)26-3/h6-14H,4-5H2,1-3H3,(H2,22,23,24,25). The van der Waals surface area contributed by atoms with E-state index in [0.29, 0.717) is 11.8 Å². The predicted molar refractivity (Wildman–Crippen MR) is 107 cm³/mol. The number of nitrogens with zero attached hydrogens (tertiary/aromatic N) is 2. The Labute approximate surface area is 154 Å². The highest BCUT2D eigenvalue weighted by molar-refractivity contribution is 5.67. The molecular weight excluding hydrogens is 324 g/mol. The second-order valence-corrected chi connectivity index (χ2v) is 5.87. The first-order chi connectivity index (χ1) is 12.7. The Kier molecular flexibility index (Phi) is 5.69. The fraction of sp³-hybridized carbons (Fsp3) is 0.238. The highest BCUT2D eigenvalue weighted by atomic mass is 16.5. The number of rotatable bonds is 7. The summed E-state index contributed by atoms with van der Waals surface area (Å²) in [4.78, 5) is 8.98. The van der Waals surface area contributed by atoms with Crippen LogP contribution in [0.1, 0.15) is 25.0 Å². The number of aromatic nitrogens is 2. The predicted octanol–water partition coefficient (Wildman–Crippen LogP) is 5.10. The van der Waals surface area contributed by atoms with Crippen LogP contribution >= 0.6 is 0 Å². The van der Waals surface area contributed by atoms with Gasteiger partial charge in [0, 0.05) is 11.9 Å². The van der Waals surface area contributed by atoms with E-state index in [1.165, 1.54) is 11.1 Å². The van der Waals surface area contributed by atoms with Crippen LogP contribution in [0, 0.1) is 0 Å². The number of benzene rings is 2. The zero-order valence-electron chi connectivity index (χ0n) is 15.4. The second-order valence-electron chi connectivity index (χ2n) is 5.87. The molecule has 1 heterocycles. The molecule has 3 rings (SSSR count). The summed E-state index contributed by atoms with van der Waals surface area (Å²) in [5, 5.41) is 6.69. The fourth-order valence-corrected chi connectivity index (χ4v) is 2.89. The van der Waals surface area contributed by atoms with Crippen molar-refractivity contribution in [1.82, 2.24) is 9.97 Å². The number of hydrogen-bond acceptors (Lipinski definition) is 5. The van der Waals surface area contributed by atoms with Crippen molar-refractivity contribution in [2.24, 2.45) is 0 Å². The molecule has 0 saturated heterocycles. The molecule has 0 fully saturated rings. The fourth-order valence-electron chi connectivity index (χ4n) is 2.89. The summed E-state index contributed by atoms with van der Waals surface area (Å²) >= 11 is 0. The summed E-state index contributed by atoms with van der Waals surface area (Å²) in [5.74, 6) is 2.05. The van der Waals surface area contributed by atoms with Crippen LogP contribution in [0.2, 0.25) is 0 Å². The van der Waals surface area contributed by atoms with Gasteiger partial charge < -0.3 is 15.4 Å². The van der Waals surface area contributed by atoms with Gasteiger partial charge in [0.1, 0.15) is 11.6 Å². The molecule has 5 nitrogen and oxygen atoms in total. The number of nitrogens with one attached hydrogen (secondary N) is 2. The maximum atomic E-state index is 5.38. The minimum atomic E-state index is 0.570. The zero-order valence-corrected chi connectivity index (χ0v) is 15.4. The largest absolute Gasteiger partial charge is 0.495 e. The van der Waals surface area contributed by atoms with E-state index >= 15 is 0 Å². The van der Waals surface area contributed by atoms with Crippen molar-refractivity contribution in [1.29, 1.82) is 0 Å². The Bertz CT molecular complexity index is 857. The Morgan fingerprint density at radius 2 is 1.62 bits per heavy atom. The number of anilines is 4. The smallest absolute Gasteiger partial charge is 0.229 e. The molecule has 26 heavy (non-hydrogen) atoms. The van der Waals surface area contributed by atoms with Gasteiger partial charge >= 0.3 is 0 Å². The number of ether oxygens (including phenoxy) is 1. The van der Waals surface area contributed by atoms with Gasteiger partial charge in [-0.05, 0) is 42.2 Å². The maximum absolute atomic E-state index is 5.38. The lowest BCUT2D eigenvalue weighted by molar-refractivity contribution is 0.417. The Morgan fingerprint density at radius 1 is 0.885 bits per heavy atom. The van der Waals surface area contributed by atoms with Crippen LogP contribution < -0.4 is 15.4 Å². The lowest BCUT2D eigenvalue weighted by Gasteiger charge is -2.15. The van der Waals surface area contributed by atoms with Crippen LogP contribution in [0.25, 0.3) is 0 Å². The molecule has 1 aromatic heterocycles. The topological polar surface area (TPSA) is 59.1 Å². The molecule has 0 aliphatic rings. The van der Waals surface area contributed by atoms with Crippen LogP contribution in [-0.4, -0.2) is 17.1 Å². The van der Waals surface area contributed by atoms with Gasteiger partial charge in [0.05, 0.1) is 12.8 Å². The van der Waals surface area contributed by atoms with E-state index < -0.39 is 0 Å². The minimum Gasteiger partial charge on any atom is -0.495 e. The average Bonchev–Trinajstić information content (AvgIpc) is 2.69. The Balaban J connectivity index is 1.87. The number of methoxy groups -OCH3 is 1. The Hall–Kier alpha value is -3.08. The third-order valence-electron chi connectivity index (χ3n) is 4.26. The molecule has 0 aliphatic heterocycles. The van der Waals surface area contributed by atoms with E-state index in [-0.39, 0.29) is 0 Å². The molecule has 0 unspecified atom stereocenters. The lowest BCUT2D eigenvalue weighted by Crippen LogP contribution is -2.05. The van der Waals surface area contributed by atoms with E-state index in [1.807, 2.05) is 30.3 Å². The molecule has 0 amide bonds. The van der Waals surface area contributed by atoms with E-state index in [0.717, 1.165) is 30.0 Å². The van der Waals surface area contributed by atoms with E-state index in [4.69, 9.17) is 4.74 Å². The normalized spacial score (nSPS) is 10.4. The van der Waals surface area contributed by atoms with E-state index in [1.54, 1.807) is 13.3 Å². The highest BCUT2D eigenvalue weighted by Gasteiger charge is 2.09. The van der Waals surface area contributed by atoms with Gasteiger partial charge in [-0.25, -0.2) is 4.98 Å². The van der Waals surface area contributed by atoms with Crippen molar-refractivity contribution in [3.05, 3.63) is 65.9 Å². The SMILES string of the molecule is CCc1cccc(CC)c1Nc1nccc(Nc2ccccc2OC)n1. The maximum Gasteiger partial charge on any atom is 0.229 e. The minimum absolute atomic E-state index is 0.570. The molecule has 2 aromatic carbocycles. The molecule has 0 saturated carbocycles. The first kappa shape index (κ1) is 17.7. The van der Waals surface area contributed by atoms with E-state index in [2.05, 4.69) is 52.6 Å². The average molecular weight is 348 g/mol. The summed E-state index contributed by atoms with van der Waals surface area (Å²) in [6.07, 6.45) is 3.65. The number of hydrogen-bond donors (Lipinski definition) is 2. The zero-order chi connectivity index (χ0) is 18.4. The molecule has 0 bridgehead atoms. The van der Waals surface area contributed by atoms with Gasteiger partial charge in [-0.2, -0.15) is 4.98 Å². The molecule has 134 valence electrons. The van der Waals surface area contributed by atoms with E-state index in [9.17, 15) is 0 Å². The van der Waals surface area contributed by atoms with Crippen LogP contribution in [0.4, 0.5) is 23.1 Å². The highest BCUT2D eigenvalue weighted by Crippen LogP contribution is 2.28. The molecule has 2 N–H and O–H groups in total. The van der Waals surface area contributed by atoms with Gasteiger partial charge in [-0.15, -0.1) is 0 Å². The van der Waals surface area contributed by atoms with Gasteiger partial charge in [0.2, 0.25) is 5.95 Å². The summed E-state index contributed by atoms with van der Waals surface area (Å²) in [6.45, 7) is 4.31.